The second-order valence-corrected chi connectivity index (χ2v) is 8.37. The highest BCUT2D eigenvalue weighted by Crippen LogP contribution is 2.33. The van der Waals surface area contributed by atoms with Gasteiger partial charge in [-0.3, -0.25) is 19.7 Å². The Morgan fingerprint density at radius 1 is 1.07 bits per heavy atom. The SMILES string of the molecule is CN(C)CCCN(C(=O)c1ccc2nccnc2c1)c1nc2c(Cl)cccc2s1. The van der Waals surface area contributed by atoms with Crippen LogP contribution in [0.5, 0.6) is 0 Å². The van der Waals surface area contributed by atoms with Gasteiger partial charge in [0.15, 0.2) is 5.13 Å². The number of carbonyl (C=O) groups is 1. The van der Waals surface area contributed by atoms with Crippen LogP contribution in [0, 0.1) is 0 Å². The molecule has 0 fully saturated rings. The van der Waals surface area contributed by atoms with E-state index in [2.05, 4.69) is 19.9 Å². The Balaban J connectivity index is 1.71. The lowest BCUT2D eigenvalue weighted by Gasteiger charge is -2.21. The van der Waals surface area contributed by atoms with Gasteiger partial charge in [-0.25, -0.2) is 4.98 Å². The molecule has 0 aliphatic rings. The third-order valence-electron chi connectivity index (χ3n) is 4.54. The average molecular weight is 426 g/mol. The number of para-hydroxylation sites is 1. The molecule has 0 saturated heterocycles. The van der Waals surface area contributed by atoms with E-state index in [0.29, 0.717) is 27.8 Å². The maximum absolute atomic E-state index is 13.4. The van der Waals surface area contributed by atoms with Crippen LogP contribution in [0.15, 0.2) is 48.8 Å². The smallest absolute Gasteiger partial charge is 0.260 e. The summed E-state index contributed by atoms with van der Waals surface area (Å²) in [6.45, 7) is 1.44. The quantitative estimate of drug-likeness (QED) is 0.455. The number of aromatic nitrogens is 3. The first-order chi connectivity index (χ1) is 14.0. The molecule has 1 amide bonds. The van der Waals surface area contributed by atoms with Gasteiger partial charge in [0.2, 0.25) is 0 Å². The van der Waals surface area contributed by atoms with Crippen LogP contribution < -0.4 is 4.90 Å². The second-order valence-electron chi connectivity index (χ2n) is 6.96. The van der Waals surface area contributed by atoms with Gasteiger partial charge in [-0.05, 0) is 57.4 Å². The summed E-state index contributed by atoms with van der Waals surface area (Å²) in [5.74, 6) is -0.105. The third kappa shape index (κ3) is 4.22. The summed E-state index contributed by atoms with van der Waals surface area (Å²) >= 11 is 7.77. The molecule has 4 rings (SSSR count). The Morgan fingerprint density at radius 2 is 1.86 bits per heavy atom. The summed E-state index contributed by atoms with van der Waals surface area (Å²) in [5, 5.41) is 1.24. The highest BCUT2D eigenvalue weighted by Gasteiger charge is 2.22. The van der Waals surface area contributed by atoms with Crippen LogP contribution in [0.25, 0.3) is 21.3 Å². The van der Waals surface area contributed by atoms with Crippen molar-refractivity contribution in [2.45, 2.75) is 6.42 Å². The van der Waals surface area contributed by atoms with E-state index in [4.69, 9.17) is 11.6 Å². The van der Waals surface area contributed by atoms with Gasteiger partial charge in [0, 0.05) is 24.5 Å². The minimum atomic E-state index is -0.105. The monoisotopic (exact) mass is 425 g/mol. The Morgan fingerprint density at radius 3 is 2.62 bits per heavy atom. The zero-order chi connectivity index (χ0) is 20.4. The zero-order valence-corrected chi connectivity index (χ0v) is 17.7. The van der Waals surface area contributed by atoms with E-state index >= 15 is 0 Å². The minimum Gasteiger partial charge on any atom is -0.309 e. The number of benzene rings is 2. The van der Waals surface area contributed by atoms with Gasteiger partial charge in [0.25, 0.3) is 5.91 Å². The fourth-order valence-electron chi connectivity index (χ4n) is 3.10. The summed E-state index contributed by atoms with van der Waals surface area (Å²) < 4.78 is 0.960. The van der Waals surface area contributed by atoms with Crippen LogP contribution in [-0.2, 0) is 0 Å². The lowest BCUT2D eigenvalue weighted by molar-refractivity contribution is 0.0986. The molecular weight excluding hydrogens is 406 g/mol. The number of nitrogens with zero attached hydrogens (tertiary/aromatic N) is 5. The molecule has 0 unspecified atom stereocenters. The lowest BCUT2D eigenvalue weighted by Crippen LogP contribution is -2.33. The Labute approximate surface area is 177 Å². The molecule has 2 heterocycles. The number of hydrogen-bond donors (Lipinski definition) is 0. The van der Waals surface area contributed by atoms with Crippen molar-refractivity contribution in [1.29, 1.82) is 0 Å². The summed E-state index contributed by atoms with van der Waals surface area (Å²) in [4.78, 5) is 30.5. The molecule has 148 valence electrons. The number of halogens is 1. The largest absolute Gasteiger partial charge is 0.309 e. The van der Waals surface area contributed by atoms with Crippen LogP contribution in [0.4, 0.5) is 5.13 Å². The normalized spacial score (nSPS) is 11.4. The van der Waals surface area contributed by atoms with Crippen LogP contribution in [-0.4, -0.2) is 52.9 Å². The highest BCUT2D eigenvalue weighted by molar-refractivity contribution is 7.22. The molecule has 8 heteroatoms. The fourth-order valence-corrected chi connectivity index (χ4v) is 4.39. The molecule has 4 aromatic rings. The zero-order valence-electron chi connectivity index (χ0n) is 16.2. The molecule has 6 nitrogen and oxygen atoms in total. The van der Waals surface area contributed by atoms with Crippen molar-refractivity contribution in [3.8, 4) is 0 Å². The molecule has 2 aromatic carbocycles. The fraction of sp³-hybridized carbons (Fsp3) is 0.238. The van der Waals surface area contributed by atoms with Gasteiger partial charge < -0.3 is 4.90 Å². The van der Waals surface area contributed by atoms with Crippen molar-refractivity contribution < 1.29 is 4.79 Å². The third-order valence-corrected chi connectivity index (χ3v) is 5.89. The first kappa shape index (κ1) is 19.7. The first-order valence-electron chi connectivity index (χ1n) is 9.25. The number of amides is 1. The standard InChI is InChI=1S/C21H20ClN5OS/c1-26(2)11-4-12-27(21-25-19-15(22)5-3-6-18(19)29-21)20(28)14-7-8-16-17(13-14)24-10-9-23-16/h3,5-10,13H,4,11-12H2,1-2H3. The van der Waals surface area contributed by atoms with Gasteiger partial charge in [-0.1, -0.05) is 29.0 Å². The van der Waals surface area contributed by atoms with E-state index in [9.17, 15) is 4.79 Å². The van der Waals surface area contributed by atoms with E-state index in [1.165, 1.54) is 11.3 Å². The number of thiazole rings is 1. The summed E-state index contributed by atoms with van der Waals surface area (Å²) in [6, 6.07) is 11.1. The Kier molecular flexibility index (Phi) is 5.71. The number of anilines is 1. The average Bonchev–Trinajstić information content (AvgIpc) is 3.15. The maximum atomic E-state index is 13.4. The van der Waals surface area contributed by atoms with E-state index in [1.807, 2.05) is 38.4 Å². The van der Waals surface area contributed by atoms with Gasteiger partial charge in [-0.15, -0.1) is 0 Å². The molecule has 0 saturated carbocycles. The molecule has 0 radical (unpaired) electrons. The Hall–Kier alpha value is -2.61. The van der Waals surface area contributed by atoms with Crippen molar-refractivity contribution in [2.75, 3.05) is 32.1 Å². The molecule has 0 aliphatic carbocycles. The van der Waals surface area contributed by atoms with E-state index < -0.39 is 0 Å². The van der Waals surface area contributed by atoms with E-state index in [0.717, 1.165) is 28.7 Å². The molecule has 0 aliphatic heterocycles. The molecule has 29 heavy (non-hydrogen) atoms. The lowest BCUT2D eigenvalue weighted by atomic mass is 10.1. The van der Waals surface area contributed by atoms with Crippen molar-refractivity contribution in [1.82, 2.24) is 19.9 Å². The minimum absolute atomic E-state index is 0.105. The topological polar surface area (TPSA) is 62.2 Å². The van der Waals surface area contributed by atoms with E-state index in [1.54, 1.807) is 29.4 Å². The number of hydrogen-bond acceptors (Lipinski definition) is 6. The summed E-state index contributed by atoms with van der Waals surface area (Å²) in [6.07, 6.45) is 4.10. The van der Waals surface area contributed by atoms with Gasteiger partial charge >= 0.3 is 0 Å². The van der Waals surface area contributed by atoms with Crippen molar-refractivity contribution in [2.24, 2.45) is 0 Å². The van der Waals surface area contributed by atoms with Crippen LogP contribution >= 0.6 is 22.9 Å². The second kappa shape index (κ2) is 8.41. The van der Waals surface area contributed by atoms with Crippen LogP contribution in [0.2, 0.25) is 5.02 Å². The van der Waals surface area contributed by atoms with Crippen LogP contribution in [0.3, 0.4) is 0 Å². The van der Waals surface area contributed by atoms with Crippen molar-refractivity contribution in [3.63, 3.8) is 0 Å². The van der Waals surface area contributed by atoms with Gasteiger partial charge in [0.05, 0.1) is 20.8 Å². The van der Waals surface area contributed by atoms with Crippen molar-refractivity contribution in [3.05, 3.63) is 59.4 Å². The Bertz CT molecular complexity index is 1180. The highest BCUT2D eigenvalue weighted by atomic mass is 35.5. The van der Waals surface area contributed by atoms with Crippen molar-refractivity contribution >= 4 is 55.2 Å². The summed E-state index contributed by atoms with van der Waals surface area (Å²) in [5.41, 5.74) is 2.74. The molecule has 0 spiro atoms. The number of fused-ring (bicyclic) bond motifs is 2. The maximum Gasteiger partial charge on any atom is 0.260 e. The number of rotatable bonds is 6. The van der Waals surface area contributed by atoms with Gasteiger partial charge in [-0.2, -0.15) is 0 Å². The predicted octanol–water partition coefficient (Wildman–Crippen LogP) is 4.49. The number of carbonyl (C=O) groups excluding carboxylic acids is 1. The molecule has 2 aromatic heterocycles. The molecule has 0 bridgehead atoms. The van der Waals surface area contributed by atoms with Crippen LogP contribution in [0.1, 0.15) is 16.8 Å². The molecule has 0 N–H and O–H groups in total. The van der Waals surface area contributed by atoms with Gasteiger partial charge in [0.1, 0.15) is 5.52 Å². The predicted molar refractivity (Wildman–Crippen MR) is 119 cm³/mol. The molecular formula is C21H20ClN5OS. The molecule has 0 atom stereocenters. The summed E-state index contributed by atoms with van der Waals surface area (Å²) in [7, 11) is 4.04. The van der Waals surface area contributed by atoms with E-state index in [-0.39, 0.29) is 5.91 Å². The first-order valence-corrected chi connectivity index (χ1v) is 10.4.